The van der Waals surface area contributed by atoms with Gasteiger partial charge in [-0.05, 0) is 43.0 Å². The summed E-state index contributed by atoms with van der Waals surface area (Å²) in [5, 5.41) is 3.57. The van der Waals surface area contributed by atoms with Crippen LogP contribution in [0.25, 0.3) is 0 Å². The van der Waals surface area contributed by atoms with E-state index in [1.807, 2.05) is 6.92 Å². The Morgan fingerprint density at radius 1 is 1.17 bits per heavy atom. The van der Waals surface area contributed by atoms with Crippen LogP contribution in [0.3, 0.4) is 0 Å². The molecule has 2 rings (SSSR count). The van der Waals surface area contributed by atoms with E-state index in [-0.39, 0.29) is 5.28 Å². The minimum Gasteiger partial charge on any atom is -0.369 e. The summed E-state index contributed by atoms with van der Waals surface area (Å²) in [5.41, 5.74) is 3.67. The molecule has 0 aliphatic heterocycles. The fourth-order valence-electron chi connectivity index (χ4n) is 1.81. The molecule has 3 nitrogen and oxygen atoms in total. The summed E-state index contributed by atoms with van der Waals surface area (Å²) in [4.78, 5) is 8.10. The second kappa shape index (κ2) is 5.83. The van der Waals surface area contributed by atoms with Gasteiger partial charge < -0.3 is 5.32 Å². The van der Waals surface area contributed by atoms with Gasteiger partial charge >= 0.3 is 0 Å². The molecule has 0 aliphatic rings. The lowest BCUT2D eigenvalue weighted by Crippen LogP contribution is -2.08. The average molecular weight is 262 g/mol. The number of benzene rings is 1. The highest BCUT2D eigenvalue weighted by atomic mass is 35.5. The molecular weight excluding hydrogens is 246 g/mol. The van der Waals surface area contributed by atoms with Crippen LogP contribution < -0.4 is 5.32 Å². The van der Waals surface area contributed by atoms with Crippen LogP contribution in [0.15, 0.2) is 30.5 Å². The smallest absolute Gasteiger partial charge is 0.224 e. The molecule has 0 saturated heterocycles. The average Bonchev–Trinajstić information content (AvgIpc) is 2.36. The maximum absolute atomic E-state index is 5.78. The van der Waals surface area contributed by atoms with Crippen LogP contribution in [0.5, 0.6) is 0 Å². The van der Waals surface area contributed by atoms with Gasteiger partial charge in [-0.15, -0.1) is 0 Å². The fraction of sp³-hybridized carbons (Fsp3) is 0.286. The minimum absolute atomic E-state index is 0.277. The van der Waals surface area contributed by atoms with E-state index in [0.29, 0.717) is 0 Å². The summed E-state index contributed by atoms with van der Waals surface area (Å²) in [7, 11) is 0. The van der Waals surface area contributed by atoms with Crippen molar-refractivity contribution in [1.82, 2.24) is 9.97 Å². The van der Waals surface area contributed by atoms with Crippen LogP contribution >= 0.6 is 11.6 Å². The summed E-state index contributed by atoms with van der Waals surface area (Å²) in [5.74, 6) is 0.809. The number of nitrogens with zero attached hydrogens (tertiary/aromatic N) is 2. The number of aromatic nitrogens is 2. The van der Waals surface area contributed by atoms with E-state index in [2.05, 4.69) is 46.5 Å². The normalized spacial score (nSPS) is 10.4. The first-order chi connectivity index (χ1) is 8.66. The van der Waals surface area contributed by atoms with Gasteiger partial charge in [-0.2, -0.15) is 0 Å². The third-order valence-electron chi connectivity index (χ3n) is 2.89. The molecule has 0 spiro atoms. The third kappa shape index (κ3) is 3.20. The lowest BCUT2D eigenvalue weighted by Gasteiger charge is -2.09. The predicted octanol–water partition coefficient (Wildman–Crippen LogP) is 3.40. The van der Waals surface area contributed by atoms with Crippen LogP contribution in [0.4, 0.5) is 5.82 Å². The van der Waals surface area contributed by atoms with Crippen LogP contribution in [-0.4, -0.2) is 16.5 Å². The number of halogens is 1. The molecule has 1 aromatic carbocycles. The van der Waals surface area contributed by atoms with Gasteiger partial charge in [0.2, 0.25) is 5.28 Å². The van der Waals surface area contributed by atoms with Crippen molar-refractivity contribution in [2.75, 3.05) is 11.9 Å². The first kappa shape index (κ1) is 12.8. The molecule has 94 valence electrons. The quantitative estimate of drug-likeness (QED) is 0.858. The molecule has 0 radical (unpaired) electrons. The fourth-order valence-corrected chi connectivity index (χ4v) is 1.94. The largest absolute Gasteiger partial charge is 0.369 e. The topological polar surface area (TPSA) is 37.8 Å². The SMILES string of the molecule is Cc1ccccc1CCNc1nc(Cl)ncc1C. The van der Waals surface area contributed by atoms with Crippen molar-refractivity contribution >= 4 is 17.4 Å². The molecule has 0 saturated carbocycles. The number of rotatable bonds is 4. The van der Waals surface area contributed by atoms with Gasteiger partial charge in [-0.1, -0.05) is 24.3 Å². The van der Waals surface area contributed by atoms with Crippen molar-refractivity contribution in [3.8, 4) is 0 Å². The Hall–Kier alpha value is -1.61. The molecule has 2 aromatic rings. The van der Waals surface area contributed by atoms with E-state index in [4.69, 9.17) is 11.6 Å². The molecule has 0 atom stereocenters. The number of hydrogen-bond acceptors (Lipinski definition) is 3. The molecule has 1 aromatic heterocycles. The summed E-state index contributed by atoms with van der Waals surface area (Å²) in [6.07, 6.45) is 2.69. The summed E-state index contributed by atoms with van der Waals surface area (Å²) >= 11 is 5.78. The van der Waals surface area contributed by atoms with Crippen molar-refractivity contribution in [1.29, 1.82) is 0 Å². The zero-order chi connectivity index (χ0) is 13.0. The van der Waals surface area contributed by atoms with Crippen molar-refractivity contribution in [2.24, 2.45) is 0 Å². The third-order valence-corrected chi connectivity index (χ3v) is 3.07. The molecule has 0 fully saturated rings. The second-order valence-corrected chi connectivity index (χ2v) is 4.61. The second-order valence-electron chi connectivity index (χ2n) is 4.27. The lowest BCUT2D eigenvalue weighted by atomic mass is 10.1. The maximum Gasteiger partial charge on any atom is 0.224 e. The summed E-state index contributed by atoms with van der Waals surface area (Å²) in [6.45, 7) is 4.92. The van der Waals surface area contributed by atoms with Gasteiger partial charge in [0.25, 0.3) is 0 Å². The Kier molecular flexibility index (Phi) is 4.15. The summed E-state index contributed by atoms with van der Waals surface area (Å²) < 4.78 is 0. The zero-order valence-electron chi connectivity index (χ0n) is 10.6. The van der Waals surface area contributed by atoms with E-state index in [0.717, 1.165) is 24.3 Å². The Morgan fingerprint density at radius 3 is 2.72 bits per heavy atom. The molecule has 0 unspecified atom stereocenters. The van der Waals surface area contributed by atoms with Crippen LogP contribution in [0.2, 0.25) is 5.28 Å². The Labute approximate surface area is 112 Å². The maximum atomic E-state index is 5.78. The zero-order valence-corrected chi connectivity index (χ0v) is 11.3. The standard InChI is InChI=1S/C14H16ClN3/c1-10-5-3-4-6-12(10)7-8-16-13-11(2)9-17-14(15)18-13/h3-6,9H,7-8H2,1-2H3,(H,16,17,18). The highest BCUT2D eigenvalue weighted by molar-refractivity contribution is 6.28. The Balaban J connectivity index is 1.96. The molecule has 0 bridgehead atoms. The Bertz CT molecular complexity index is 540. The van der Waals surface area contributed by atoms with Crippen molar-refractivity contribution in [2.45, 2.75) is 20.3 Å². The van der Waals surface area contributed by atoms with Gasteiger partial charge in [0.05, 0.1) is 0 Å². The monoisotopic (exact) mass is 261 g/mol. The number of aryl methyl sites for hydroxylation is 2. The molecule has 0 amide bonds. The van der Waals surface area contributed by atoms with Gasteiger partial charge in [-0.3, -0.25) is 0 Å². The minimum atomic E-state index is 0.277. The van der Waals surface area contributed by atoms with E-state index in [9.17, 15) is 0 Å². The molecular formula is C14H16ClN3. The number of anilines is 1. The number of hydrogen-bond donors (Lipinski definition) is 1. The van der Waals surface area contributed by atoms with Crippen molar-refractivity contribution < 1.29 is 0 Å². The highest BCUT2D eigenvalue weighted by Gasteiger charge is 2.02. The summed E-state index contributed by atoms with van der Waals surface area (Å²) in [6, 6.07) is 8.40. The van der Waals surface area contributed by atoms with Crippen molar-refractivity contribution in [3.63, 3.8) is 0 Å². The lowest BCUT2D eigenvalue weighted by molar-refractivity contribution is 0.981. The predicted molar refractivity (Wildman–Crippen MR) is 75.2 cm³/mol. The van der Waals surface area contributed by atoms with Crippen LogP contribution in [0.1, 0.15) is 16.7 Å². The molecule has 1 N–H and O–H groups in total. The van der Waals surface area contributed by atoms with E-state index in [1.165, 1.54) is 11.1 Å². The first-order valence-electron chi connectivity index (χ1n) is 5.94. The Morgan fingerprint density at radius 2 is 1.94 bits per heavy atom. The van der Waals surface area contributed by atoms with Crippen LogP contribution in [0, 0.1) is 13.8 Å². The molecule has 4 heteroatoms. The van der Waals surface area contributed by atoms with E-state index >= 15 is 0 Å². The van der Waals surface area contributed by atoms with Gasteiger partial charge in [0.1, 0.15) is 5.82 Å². The van der Waals surface area contributed by atoms with E-state index < -0.39 is 0 Å². The van der Waals surface area contributed by atoms with Crippen LogP contribution in [-0.2, 0) is 6.42 Å². The first-order valence-corrected chi connectivity index (χ1v) is 6.32. The van der Waals surface area contributed by atoms with Gasteiger partial charge in [-0.25, -0.2) is 9.97 Å². The number of nitrogens with one attached hydrogen (secondary N) is 1. The van der Waals surface area contributed by atoms with Crippen molar-refractivity contribution in [3.05, 3.63) is 52.4 Å². The molecule has 0 aliphatic carbocycles. The van der Waals surface area contributed by atoms with Gasteiger partial charge in [0.15, 0.2) is 0 Å². The van der Waals surface area contributed by atoms with E-state index in [1.54, 1.807) is 6.20 Å². The van der Waals surface area contributed by atoms with Gasteiger partial charge in [0, 0.05) is 18.3 Å². The highest BCUT2D eigenvalue weighted by Crippen LogP contribution is 2.13. The molecule has 18 heavy (non-hydrogen) atoms. The molecule has 1 heterocycles.